The van der Waals surface area contributed by atoms with Crippen LogP contribution in [0.2, 0.25) is 0 Å². The molecule has 182 valence electrons. The van der Waals surface area contributed by atoms with Gasteiger partial charge in [-0.05, 0) is 31.9 Å². The van der Waals surface area contributed by atoms with E-state index in [4.69, 9.17) is 24.4 Å². The molecule has 0 unspecified atom stereocenters. The lowest BCUT2D eigenvalue weighted by atomic mass is 10.2. The normalized spacial score (nSPS) is 16.8. The van der Waals surface area contributed by atoms with Gasteiger partial charge in [0.05, 0.1) is 16.7 Å². The third-order valence-corrected chi connectivity index (χ3v) is 5.45. The lowest BCUT2D eigenvalue weighted by Crippen LogP contribution is -2.46. The standard InChI is InChI=1S/C20H24N6O.C2HF3O2/c1-14-12-16(24-27-14)13-25-8-10-26(11-9-25)20-19(21-15-6-7-15)22-17-4-2-3-5-18(17)23-20;3-2(4,5)1(6)7/h2-5,12,15H,6-11,13H2,1H3,(H,21,22);(H,6,7). The number of nitrogens with zero attached hydrogens (tertiary/aromatic N) is 5. The molecule has 3 heterocycles. The summed E-state index contributed by atoms with van der Waals surface area (Å²) in [4.78, 5) is 23.5. The summed E-state index contributed by atoms with van der Waals surface area (Å²) in [5, 5.41) is 14.8. The van der Waals surface area contributed by atoms with E-state index in [2.05, 4.69) is 20.3 Å². The van der Waals surface area contributed by atoms with Crippen molar-refractivity contribution >= 4 is 28.6 Å². The van der Waals surface area contributed by atoms with Crippen molar-refractivity contribution < 1.29 is 27.6 Å². The van der Waals surface area contributed by atoms with Crippen LogP contribution in [-0.4, -0.2) is 69.5 Å². The van der Waals surface area contributed by atoms with Gasteiger partial charge in [-0.15, -0.1) is 0 Å². The maximum atomic E-state index is 10.6. The topological polar surface area (TPSA) is 108 Å². The fourth-order valence-electron chi connectivity index (χ4n) is 3.57. The Labute approximate surface area is 193 Å². The summed E-state index contributed by atoms with van der Waals surface area (Å²) in [5.41, 5.74) is 2.90. The van der Waals surface area contributed by atoms with Crippen LogP contribution in [0.5, 0.6) is 0 Å². The molecule has 1 aliphatic heterocycles. The summed E-state index contributed by atoms with van der Waals surface area (Å²) in [5.74, 6) is 0.0210. The molecule has 0 spiro atoms. The number of anilines is 2. The van der Waals surface area contributed by atoms with Crippen LogP contribution in [0.3, 0.4) is 0 Å². The molecule has 0 bridgehead atoms. The van der Waals surface area contributed by atoms with Crippen molar-refractivity contribution in [1.82, 2.24) is 20.0 Å². The highest BCUT2D eigenvalue weighted by molar-refractivity contribution is 5.80. The van der Waals surface area contributed by atoms with E-state index in [1.165, 1.54) is 12.8 Å². The van der Waals surface area contributed by atoms with E-state index in [-0.39, 0.29) is 0 Å². The number of carboxylic acids is 1. The van der Waals surface area contributed by atoms with Crippen LogP contribution in [0.4, 0.5) is 24.8 Å². The second kappa shape index (κ2) is 9.84. The highest BCUT2D eigenvalue weighted by atomic mass is 19.4. The van der Waals surface area contributed by atoms with Gasteiger partial charge in [-0.3, -0.25) is 4.90 Å². The Hall–Kier alpha value is -3.41. The van der Waals surface area contributed by atoms with Crippen molar-refractivity contribution in [3.05, 3.63) is 41.8 Å². The molecule has 3 aromatic rings. The van der Waals surface area contributed by atoms with Crippen molar-refractivity contribution in [1.29, 1.82) is 0 Å². The minimum absolute atomic E-state index is 0.552. The number of hydrogen-bond donors (Lipinski definition) is 2. The number of piperazine rings is 1. The highest BCUT2D eigenvalue weighted by Crippen LogP contribution is 2.31. The van der Waals surface area contributed by atoms with Crippen molar-refractivity contribution in [3.63, 3.8) is 0 Å². The van der Waals surface area contributed by atoms with Crippen LogP contribution < -0.4 is 10.2 Å². The molecule has 1 aromatic carbocycles. The zero-order valence-corrected chi connectivity index (χ0v) is 18.5. The Morgan fingerprint density at radius 3 is 2.29 bits per heavy atom. The Kier molecular flexibility index (Phi) is 6.87. The molecule has 5 rings (SSSR count). The summed E-state index contributed by atoms with van der Waals surface area (Å²) >= 11 is 0. The number of aromatic nitrogens is 3. The Morgan fingerprint density at radius 2 is 1.76 bits per heavy atom. The summed E-state index contributed by atoms with van der Waals surface area (Å²) in [7, 11) is 0. The highest BCUT2D eigenvalue weighted by Gasteiger charge is 2.38. The molecule has 12 heteroatoms. The first-order valence-electron chi connectivity index (χ1n) is 10.9. The second-order valence-electron chi connectivity index (χ2n) is 8.30. The first kappa shape index (κ1) is 23.7. The average Bonchev–Trinajstić information content (AvgIpc) is 3.52. The van der Waals surface area contributed by atoms with E-state index in [1.807, 2.05) is 37.3 Å². The predicted octanol–water partition coefficient (Wildman–Crippen LogP) is 3.46. The van der Waals surface area contributed by atoms with Gasteiger partial charge in [0.15, 0.2) is 11.6 Å². The summed E-state index contributed by atoms with van der Waals surface area (Å²) in [6.07, 6.45) is -2.64. The molecule has 2 aromatic heterocycles. The average molecular weight is 478 g/mol. The van der Waals surface area contributed by atoms with Crippen LogP contribution in [0, 0.1) is 6.92 Å². The van der Waals surface area contributed by atoms with Gasteiger partial charge in [-0.25, -0.2) is 14.8 Å². The molecule has 0 atom stereocenters. The van der Waals surface area contributed by atoms with Crippen LogP contribution in [0.1, 0.15) is 24.3 Å². The Bertz CT molecular complexity index is 1140. The molecule has 0 amide bonds. The number of halogens is 3. The number of para-hydroxylation sites is 2. The van der Waals surface area contributed by atoms with Gasteiger partial charge >= 0.3 is 12.1 Å². The molecule has 1 saturated carbocycles. The number of fused-ring (bicyclic) bond motifs is 1. The lowest BCUT2D eigenvalue weighted by molar-refractivity contribution is -0.192. The molecule has 9 nitrogen and oxygen atoms in total. The van der Waals surface area contributed by atoms with E-state index >= 15 is 0 Å². The molecule has 2 aliphatic rings. The predicted molar refractivity (Wildman–Crippen MR) is 119 cm³/mol. The fourth-order valence-corrected chi connectivity index (χ4v) is 3.57. The number of benzene rings is 1. The van der Waals surface area contributed by atoms with Gasteiger partial charge < -0.3 is 19.8 Å². The van der Waals surface area contributed by atoms with Crippen molar-refractivity contribution in [3.8, 4) is 0 Å². The Balaban J connectivity index is 0.000000344. The molecular formula is C22H25F3N6O3. The third kappa shape index (κ3) is 6.13. The number of carboxylic acid groups (broad SMARTS) is 1. The van der Waals surface area contributed by atoms with Gasteiger partial charge in [0, 0.05) is 44.8 Å². The largest absolute Gasteiger partial charge is 0.490 e. The SMILES string of the molecule is Cc1cc(CN2CCN(c3nc4ccccc4nc3NC3CC3)CC2)no1.O=C(O)C(F)(F)F. The lowest BCUT2D eigenvalue weighted by Gasteiger charge is -2.35. The van der Waals surface area contributed by atoms with Crippen molar-refractivity contribution in [2.24, 2.45) is 0 Å². The van der Waals surface area contributed by atoms with Crippen LogP contribution in [0.25, 0.3) is 11.0 Å². The van der Waals surface area contributed by atoms with Crippen LogP contribution >= 0.6 is 0 Å². The smallest absolute Gasteiger partial charge is 0.475 e. The molecule has 34 heavy (non-hydrogen) atoms. The Morgan fingerprint density at radius 1 is 1.15 bits per heavy atom. The quantitative estimate of drug-likeness (QED) is 0.570. The zero-order valence-electron chi connectivity index (χ0n) is 18.5. The van der Waals surface area contributed by atoms with E-state index in [9.17, 15) is 13.2 Å². The van der Waals surface area contributed by atoms with Crippen LogP contribution in [-0.2, 0) is 11.3 Å². The first-order valence-corrected chi connectivity index (χ1v) is 10.9. The molecule has 2 fully saturated rings. The summed E-state index contributed by atoms with van der Waals surface area (Å²) in [6.45, 7) is 6.59. The van der Waals surface area contributed by atoms with Crippen molar-refractivity contribution in [2.75, 3.05) is 36.4 Å². The minimum Gasteiger partial charge on any atom is -0.475 e. The maximum Gasteiger partial charge on any atom is 0.490 e. The van der Waals surface area contributed by atoms with Gasteiger partial charge in [0.2, 0.25) is 0 Å². The van der Waals surface area contributed by atoms with Crippen LogP contribution in [0.15, 0.2) is 34.9 Å². The fraction of sp³-hybridized carbons (Fsp3) is 0.455. The zero-order chi connectivity index (χ0) is 24.3. The minimum atomic E-state index is -5.08. The number of hydrogen-bond acceptors (Lipinski definition) is 8. The van der Waals surface area contributed by atoms with E-state index in [1.54, 1.807) is 0 Å². The second-order valence-corrected chi connectivity index (χ2v) is 8.30. The molecule has 0 radical (unpaired) electrons. The number of alkyl halides is 3. The van der Waals surface area contributed by atoms with Gasteiger partial charge in [0.1, 0.15) is 5.76 Å². The third-order valence-electron chi connectivity index (χ3n) is 5.45. The summed E-state index contributed by atoms with van der Waals surface area (Å²) in [6, 6.07) is 10.7. The number of aliphatic carboxylic acids is 1. The first-order chi connectivity index (χ1) is 16.2. The molecular weight excluding hydrogens is 453 g/mol. The van der Waals surface area contributed by atoms with E-state index < -0.39 is 12.1 Å². The summed E-state index contributed by atoms with van der Waals surface area (Å²) < 4.78 is 36.9. The van der Waals surface area contributed by atoms with E-state index in [0.717, 1.165) is 66.8 Å². The molecule has 1 aliphatic carbocycles. The number of carbonyl (C=O) groups is 1. The molecule has 1 saturated heterocycles. The number of aryl methyl sites for hydroxylation is 1. The van der Waals surface area contributed by atoms with Gasteiger partial charge in [-0.2, -0.15) is 13.2 Å². The number of rotatable bonds is 5. The maximum absolute atomic E-state index is 10.6. The monoisotopic (exact) mass is 478 g/mol. The van der Waals surface area contributed by atoms with Gasteiger partial charge in [0.25, 0.3) is 0 Å². The molecule has 2 N–H and O–H groups in total. The van der Waals surface area contributed by atoms with Gasteiger partial charge in [-0.1, -0.05) is 17.3 Å². The van der Waals surface area contributed by atoms with Crippen molar-refractivity contribution in [2.45, 2.75) is 38.5 Å². The van der Waals surface area contributed by atoms with E-state index in [0.29, 0.717) is 6.04 Å². The number of nitrogens with one attached hydrogen (secondary N) is 1.